The third kappa shape index (κ3) is 3.79. The molecule has 0 aromatic heterocycles. The molecule has 0 heterocycles. The van der Waals surface area contributed by atoms with Crippen LogP contribution in [0.15, 0.2) is 30.3 Å². The Morgan fingerprint density at radius 3 is 2.09 bits per heavy atom. The van der Waals surface area contributed by atoms with Gasteiger partial charge >= 0.3 is 0 Å². The zero-order chi connectivity index (χ0) is 7.40. The van der Waals surface area contributed by atoms with Crippen LogP contribution in [-0.2, 0) is 6.54 Å². The molecule has 0 bridgehead atoms. The Kier molecular flexibility index (Phi) is 4.55. The Labute approximate surface area is 69.7 Å². The minimum absolute atomic E-state index is 0. The van der Waals surface area contributed by atoms with Crippen LogP contribution in [0.25, 0.3) is 0 Å². The number of rotatable bonds is 2. The molecular weight excluding hydrogens is 134 g/mol. The molecule has 1 aromatic rings. The first-order valence-electron chi connectivity index (χ1n) is 3.47. The first-order valence-corrected chi connectivity index (χ1v) is 3.47. The number of benzene rings is 1. The molecule has 0 aliphatic heterocycles. The standard InChI is InChI=1S/C9H13N.C/c1-10(2)8-9-6-4-3-5-7-9;/h3-7H,8H2,1-2H3;. The molecule has 0 unspecified atom stereocenters. The summed E-state index contributed by atoms with van der Waals surface area (Å²) in [5.74, 6) is 0. The van der Waals surface area contributed by atoms with Crippen molar-refractivity contribution in [2.45, 2.75) is 6.54 Å². The molecule has 1 aromatic carbocycles. The topological polar surface area (TPSA) is 3.24 Å². The van der Waals surface area contributed by atoms with E-state index < -0.39 is 0 Å². The summed E-state index contributed by atoms with van der Waals surface area (Å²) in [5.41, 5.74) is 1.37. The second-order valence-electron chi connectivity index (χ2n) is 2.72. The van der Waals surface area contributed by atoms with Crippen molar-refractivity contribution < 1.29 is 0 Å². The summed E-state index contributed by atoms with van der Waals surface area (Å²) in [6.07, 6.45) is 0. The van der Waals surface area contributed by atoms with Crippen molar-refractivity contribution >= 4 is 0 Å². The van der Waals surface area contributed by atoms with Crippen LogP contribution in [-0.4, -0.2) is 19.0 Å². The predicted octanol–water partition coefficient (Wildman–Crippen LogP) is 1.83. The lowest BCUT2D eigenvalue weighted by atomic mass is 10.2. The second-order valence-corrected chi connectivity index (χ2v) is 2.72. The van der Waals surface area contributed by atoms with E-state index in [1.54, 1.807) is 0 Å². The lowest BCUT2D eigenvalue weighted by Gasteiger charge is -2.08. The van der Waals surface area contributed by atoms with Crippen molar-refractivity contribution in [2.24, 2.45) is 0 Å². The molecule has 0 aliphatic rings. The normalized spacial score (nSPS) is 9.36. The maximum Gasteiger partial charge on any atom is 0.0227 e. The maximum atomic E-state index is 2.16. The van der Waals surface area contributed by atoms with E-state index in [2.05, 4.69) is 43.3 Å². The molecule has 0 amide bonds. The lowest BCUT2D eigenvalue weighted by Crippen LogP contribution is -2.10. The van der Waals surface area contributed by atoms with Crippen LogP contribution in [0.4, 0.5) is 0 Å². The molecule has 0 saturated carbocycles. The molecule has 0 N–H and O–H groups in total. The monoisotopic (exact) mass is 147 g/mol. The van der Waals surface area contributed by atoms with Gasteiger partial charge in [0.2, 0.25) is 0 Å². The summed E-state index contributed by atoms with van der Waals surface area (Å²) in [6.45, 7) is 1.03. The molecule has 0 spiro atoms. The SMILES string of the molecule is CN(C)Cc1ccccc1.[C]. The molecule has 58 valence electrons. The summed E-state index contributed by atoms with van der Waals surface area (Å²) in [4.78, 5) is 2.16. The molecule has 0 fully saturated rings. The molecule has 1 heteroatoms. The van der Waals surface area contributed by atoms with Crippen LogP contribution in [0, 0.1) is 7.43 Å². The van der Waals surface area contributed by atoms with E-state index in [0.29, 0.717) is 0 Å². The zero-order valence-corrected chi connectivity index (χ0v) is 7.04. The van der Waals surface area contributed by atoms with Gasteiger partial charge in [-0.1, -0.05) is 30.3 Å². The van der Waals surface area contributed by atoms with Crippen LogP contribution in [0.3, 0.4) is 0 Å². The van der Waals surface area contributed by atoms with Gasteiger partial charge in [-0.2, -0.15) is 0 Å². The zero-order valence-electron chi connectivity index (χ0n) is 7.04. The van der Waals surface area contributed by atoms with E-state index in [9.17, 15) is 0 Å². The first-order chi connectivity index (χ1) is 4.79. The fraction of sp³-hybridized carbons (Fsp3) is 0.300. The number of nitrogens with zero attached hydrogens (tertiary/aromatic N) is 1. The minimum atomic E-state index is 0. The van der Waals surface area contributed by atoms with Crippen LogP contribution in [0.1, 0.15) is 5.56 Å². The largest absolute Gasteiger partial charge is 0.305 e. The number of hydrogen-bond acceptors (Lipinski definition) is 1. The minimum Gasteiger partial charge on any atom is -0.305 e. The Balaban J connectivity index is 0.000001000. The highest BCUT2D eigenvalue weighted by Crippen LogP contribution is 1.99. The van der Waals surface area contributed by atoms with Gasteiger partial charge < -0.3 is 4.90 Å². The van der Waals surface area contributed by atoms with E-state index in [1.165, 1.54) is 5.56 Å². The fourth-order valence-corrected chi connectivity index (χ4v) is 0.949. The van der Waals surface area contributed by atoms with Crippen molar-refractivity contribution in [1.29, 1.82) is 0 Å². The van der Waals surface area contributed by atoms with Crippen LogP contribution >= 0.6 is 0 Å². The van der Waals surface area contributed by atoms with Crippen molar-refractivity contribution in [3.05, 3.63) is 43.3 Å². The smallest absolute Gasteiger partial charge is 0.0227 e. The predicted molar refractivity (Wildman–Crippen MR) is 47.1 cm³/mol. The molecule has 0 atom stereocenters. The highest BCUT2D eigenvalue weighted by atomic mass is 15.0. The van der Waals surface area contributed by atoms with Gasteiger partial charge in [0.1, 0.15) is 0 Å². The molecule has 0 saturated heterocycles. The van der Waals surface area contributed by atoms with Gasteiger partial charge in [0.05, 0.1) is 0 Å². The van der Waals surface area contributed by atoms with Gasteiger partial charge in [-0.3, -0.25) is 0 Å². The summed E-state index contributed by atoms with van der Waals surface area (Å²) in [7, 11) is 4.15. The third-order valence-corrected chi connectivity index (χ3v) is 1.34. The summed E-state index contributed by atoms with van der Waals surface area (Å²) >= 11 is 0. The Morgan fingerprint density at radius 2 is 1.64 bits per heavy atom. The number of hydrogen-bond donors (Lipinski definition) is 0. The molecule has 11 heavy (non-hydrogen) atoms. The fourth-order valence-electron chi connectivity index (χ4n) is 0.949. The third-order valence-electron chi connectivity index (χ3n) is 1.34. The quantitative estimate of drug-likeness (QED) is 0.617. The Bertz CT molecular complexity index is 179. The van der Waals surface area contributed by atoms with Gasteiger partial charge in [-0.15, -0.1) is 0 Å². The highest BCUT2D eigenvalue weighted by Gasteiger charge is 1.90. The lowest BCUT2D eigenvalue weighted by molar-refractivity contribution is 0.402. The molecule has 1 nitrogen and oxygen atoms in total. The van der Waals surface area contributed by atoms with Crippen molar-refractivity contribution in [3.63, 3.8) is 0 Å². The Hall–Kier alpha value is -0.820. The second kappa shape index (κ2) is 4.91. The van der Waals surface area contributed by atoms with Gasteiger partial charge in [0.25, 0.3) is 0 Å². The Morgan fingerprint density at radius 1 is 1.09 bits per heavy atom. The highest BCUT2D eigenvalue weighted by molar-refractivity contribution is 5.14. The van der Waals surface area contributed by atoms with Crippen molar-refractivity contribution in [1.82, 2.24) is 4.90 Å². The molecule has 1 rings (SSSR count). The van der Waals surface area contributed by atoms with Crippen LogP contribution in [0.2, 0.25) is 0 Å². The summed E-state index contributed by atoms with van der Waals surface area (Å²) in [6, 6.07) is 10.5. The molecule has 4 radical (unpaired) electrons. The molecule has 0 aliphatic carbocycles. The van der Waals surface area contributed by atoms with Gasteiger partial charge in [-0.25, -0.2) is 0 Å². The van der Waals surface area contributed by atoms with Crippen LogP contribution < -0.4 is 0 Å². The maximum absolute atomic E-state index is 2.16. The van der Waals surface area contributed by atoms with E-state index >= 15 is 0 Å². The van der Waals surface area contributed by atoms with Crippen molar-refractivity contribution in [3.8, 4) is 0 Å². The van der Waals surface area contributed by atoms with Gasteiger partial charge in [0, 0.05) is 14.0 Å². The first kappa shape index (κ1) is 10.2. The van der Waals surface area contributed by atoms with E-state index in [0.717, 1.165) is 6.54 Å². The van der Waals surface area contributed by atoms with E-state index in [-0.39, 0.29) is 7.43 Å². The average molecular weight is 147 g/mol. The van der Waals surface area contributed by atoms with E-state index in [4.69, 9.17) is 0 Å². The van der Waals surface area contributed by atoms with Gasteiger partial charge in [-0.05, 0) is 19.7 Å². The summed E-state index contributed by atoms with van der Waals surface area (Å²) in [5, 5.41) is 0. The molecular formula is C10H13N. The van der Waals surface area contributed by atoms with E-state index in [1.807, 2.05) is 6.07 Å². The average Bonchev–Trinajstić information content (AvgIpc) is 1.88. The van der Waals surface area contributed by atoms with Gasteiger partial charge in [0.15, 0.2) is 0 Å². The summed E-state index contributed by atoms with van der Waals surface area (Å²) < 4.78 is 0. The van der Waals surface area contributed by atoms with Crippen LogP contribution in [0.5, 0.6) is 0 Å². The van der Waals surface area contributed by atoms with Crippen molar-refractivity contribution in [2.75, 3.05) is 14.1 Å².